The fourth-order valence-corrected chi connectivity index (χ4v) is 5.77. The van der Waals surface area contributed by atoms with Gasteiger partial charge in [0, 0.05) is 43.6 Å². The number of pyridine rings is 1. The summed E-state index contributed by atoms with van der Waals surface area (Å²) in [4.78, 5) is 26.6. The Labute approximate surface area is 234 Å². The van der Waals surface area contributed by atoms with Gasteiger partial charge in [-0.1, -0.05) is 18.2 Å². The first-order chi connectivity index (χ1) is 19.6. The molecule has 0 radical (unpaired) electrons. The monoisotopic (exact) mass is 540 g/mol. The molecule has 2 fully saturated rings. The van der Waals surface area contributed by atoms with Crippen LogP contribution in [-0.2, 0) is 4.74 Å². The molecule has 0 spiro atoms. The van der Waals surface area contributed by atoms with Crippen molar-refractivity contribution in [3.05, 3.63) is 77.1 Å². The minimum Gasteiger partial charge on any atom is -0.493 e. The molecule has 2 aliphatic heterocycles. The Morgan fingerprint density at radius 2 is 1.62 bits per heavy atom. The van der Waals surface area contributed by atoms with Crippen molar-refractivity contribution in [2.24, 2.45) is 5.92 Å². The number of benzene rings is 2. The molecule has 0 bridgehead atoms. The van der Waals surface area contributed by atoms with E-state index in [4.69, 9.17) is 4.74 Å². The average molecular weight is 541 g/mol. The van der Waals surface area contributed by atoms with E-state index in [1.165, 1.54) is 48.5 Å². The summed E-state index contributed by atoms with van der Waals surface area (Å²) in [7, 11) is 0. The van der Waals surface area contributed by atoms with Crippen LogP contribution < -0.4 is 15.8 Å². The molecule has 4 aromatic rings. The molecule has 2 aromatic heterocycles. The molecule has 0 atom stereocenters. The second-order valence-electron chi connectivity index (χ2n) is 10.6. The fraction of sp³-hybridized carbons (Fsp3) is 0.387. The summed E-state index contributed by atoms with van der Waals surface area (Å²) >= 11 is 0. The van der Waals surface area contributed by atoms with Crippen molar-refractivity contribution in [1.29, 1.82) is 0 Å². The van der Waals surface area contributed by atoms with Crippen molar-refractivity contribution in [3.63, 3.8) is 0 Å². The molecular weight excluding hydrogens is 504 g/mol. The van der Waals surface area contributed by atoms with Gasteiger partial charge in [-0.15, -0.1) is 0 Å². The van der Waals surface area contributed by atoms with Crippen LogP contribution >= 0.6 is 0 Å². The number of fused-ring (bicyclic) bond motifs is 1. The van der Waals surface area contributed by atoms with Gasteiger partial charge in [-0.2, -0.15) is 9.97 Å². The van der Waals surface area contributed by atoms with Crippen molar-refractivity contribution < 1.29 is 9.84 Å². The van der Waals surface area contributed by atoms with E-state index in [1.807, 2.05) is 42.5 Å². The number of ether oxygens (including phenoxy) is 1. The quantitative estimate of drug-likeness (QED) is 0.336. The van der Waals surface area contributed by atoms with Crippen molar-refractivity contribution in [2.45, 2.75) is 25.7 Å². The first-order valence-corrected chi connectivity index (χ1v) is 14.2. The third-order valence-electron chi connectivity index (χ3n) is 8.04. The van der Waals surface area contributed by atoms with Crippen LogP contribution in [0.25, 0.3) is 16.7 Å². The highest BCUT2D eigenvalue weighted by Crippen LogP contribution is 2.29. The lowest BCUT2D eigenvalue weighted by atomic mass is 9.92. The van der Waals surface area contributed by atoms with Crippen LogP contribution in [0, 0.1) is 5.92 Å². The number of hydrogen-bond donors (Lipinski definition) is 2. The number of aromatic nitrogens is 3. The van der Waals surface area contributed by atoms with Gasteiger partial charge in [0.05, 0.1) is 24.3 Å². The van der Waals surface area contributed by atoms with Gasteiger partial charge in [0.15, 0.2) is 5.65 Å². The lowest BCUT2D eigenvalue weighted by molar-refractivity contribution is 0.0365. The SMILES string of the molecule is O=c1ccc2c(O)nc(Nc3ccc(N4CCC(CCCN5CCOCC5)CC4)cc3)nc2n1-c1ccccc1. The Bertz CT molecular complexity index is 1480. The highest BCUT2D eigenvalue weighted by molar-refractivity contribution is 5.83. The van der Waals surface area contributed by atoms with Gasteiger partial charge in [0.25, 0.3) is 5.56 Å². The number of para-hydroxylation sites is 1. The van der Waals surface area contributed by atoms with E-state index in [1.54, 1.807) is 6.07 Å². The van der Waals surface area contributed by atoms with E-state index in [0.29, 0.717) is 16.7 Å². The smallest absolute Gasteiger partial charge is 0.256 e. The maximum Gasteiger partial charge on any atom is 0.256 e. The van der Waals surface area contributed by atoms with Gasteiger partial charge < -0.3 is 20.1 Å². The van der Waals surface area contributed by atoms with Crippen LogP contribution in [0.3, 0.4) is 0 Å². The molecule has 9 nitrogen and oxygen atoms in total. The largest absolute Gasteiger partial charge is 0.493 e. The predicted molar refractivity (Wildman–Crippen MR) is 158 cm³/mol. The minimum atomic E-state index is -0.229. The number of hydrogen-bond acceptors (Lipinski definition) is 8. The van der Waals surface area contributed by atoms with Gasteiger partial charge in [-0.05, 0) is 80.6 Å². The van der Waals surface area contributed by atoms with Crippen LogP contribution in [0.5, 0.6) is 5.88 Å². The zero-order valence-corrected chi connectivity index (χ0v) is 22.7. The second-order valence-corrected chi connectivity index (χ2v) is 10.6. The standard InChI is InChI=1S/C31H36N6O3/c38-28-13-12-27-29(37(28)26-6-2-1-3-7-26)33-31(34-30(27)39)32-24-8-10-25(11-9-24)36-17-14-23(15-18-36)5-4-16-35-19-21-40-22-20-35/h1-3,6-13,23H,4-5,14-22H2,(H2,32,33,34,39). The Hall–Kier alpha value is -3.95. The molecule has 40 heavy (non-hydrogen) atoms. The van der Waals surface area contributed by atoms with Gasteiger partial charge in [0.2, 0.25) is 11.8 Å². The van der Waals surface area contributed by atoms with Crippen LogP contribution in [0.1, 0.15) is 25.7 Å². The molecule has 9 heteroatoms. The van der Waals surface area contributed by atoms with Gasteiger partial charge in [-0.3, -0.25) is 14.3 Å². The van der Waals surface area contributed by atoms with Gasteiger partial charge in [-0.25, -0.2) is 0 Å². The molecule has 2 aliphatic rings. The van der Waals surface area contributed by atoms with E-state index in [-0.39, 0.29) is 17.4 Å². The molecule has 0 unspecified atom stereocenters. The van der Waals surface area contributed by atoms with E-state index in [9.17, 15) is 9.90 Å². The second kappa shape index (κ2) is 12.1. The number of morpholine rings is 1. The minimum absolute atomic E-state index is 0.179. The summed E-state index contributed by atoms with van der Waals surface area (Å²) in [6.45, 7) is 7.25. The topological polar surface area (TPSA) is 95.8 Å². The third-order valence-corrected chi connectivity index (χ3v) is 8.04. The van der Waals surface area contributed by atoms with Crippen LogP contribution in [0.15, 0.2) is 71.5 Å². The van der Waals surface area contributed by atoms with E-state index in [0.717, 1.165) is 51.0 Å². The molecule has 0 amide bonds. The van der Waals surface area contributed by atoms with Gasteiger partial charge >= 0.3 is 0 Å². The first-order valence-electron chi connectivity index (χ1n) is 14.2. The average Bonchev–Trinajstić information content (AvgIpc) is 2.99. The van der Waals surface area contributed by atoms with E-state index < -0.39 is 0 Å². The number of nitrogens with one attached hydrogen (secondary N) is 1. The number of aromatic hydroxyl groups is 1. The summed E-state index contributed by atoms with van der Waals surface area (Å²) in [5.41, 5.74) is 2.81. The Morgan fingerprint density at radius 1 is 0.875 bits per heavy atom. The number of piperidine rings is 1. The fourth-order valence-electron chi connectivity index (χ4n) is 5.77. The van der Waals surface area contributed by atoms with Crippen molar-refractivity contribution in [3.8, 4) is 11.6 Å². The summed E-state index contributed by atoms with van der Waals surface area (Å²) in [5, 5.41) is 14.2. The zero-order valence-electron chi connectivity index (χ0n) is 22.7. The highest BCUT2D eigenvalue weighted by Gasteiger charge is 2.20. The molecule has 2 N–H and O–H groups in total. The van der Waals surface area contributed by atoms with Crippen molar-refractivity contribution >= 4 is 28.4 Å². The van der Waals surface area contributed by atoms with E-state index >= 15 is 0 Å². The maximum absolute atomic E-state index is 12.7. The van der Waals surface area contributed by atoms with Crippen molar-refractivity contribution in [2.75, 3.05) is 56.2 Å². The van der Waals surface area contributed by atoms with Crippen LogP contribution in [0.4, 0.5) is 17.3 Å². The Balaban J connectivity index is 1.09. The number of nitrogens with zero attached hydrogens (tertiary/aromatic N) is 5. The third kappa shape index (κ3) is 5.95. The molecule has 6 rings (SSSR count). The van der Waals surface area contributed by atoms with Gasteiger partial charge in [0.1, 0.15) is 0 Å². The molecule has 208 valence electrons. The summed E-state index contributed by atoms with van der Waals surface area (Å²) in [6.07, 6.45) is 5.05. The molecule has 0 saturated carbocycles. The zero-order chi connectivity index (χ0) is 27.3. The number of rotatable bonds is 8. The summed E-state index contributed by atoms with van der Waals surface area (Å²) < 4.78 is 6.94. The number of anilines is 3. The normalized spacial score (nSPS) is 16.9. The molecule has 4 heterocycles. The van der Waals surface area contributed by atoms with Crippen LogP contribution in [-0.4, -0.2) is 70.5 Å². The molecule has 2 aromatic carbocycles. The van der Waals surface area contributed by atoms with E-state index in [2.05, 4.69) is 37.2 Å². The molecule has 0 aliphatic carbocycles. The van der Waals surface area contributed by atoms with Crippen LogP contribution in [0.2, 0.25) is 0 Å². The summed E-state index contributed by atoms with van der Waals surface area (Å²) in [5.74, 6) is 0.858. The first kappa shape index (κ1) is 26.3. The lowest BCUT2D eigenvalue weighted by Crippen LogP contribution is -2.37. The Morgan fingerprint density at radius 3 is 2.38 bits per heavy atom. The molecular formula is C31H36N6O3. The predicted octanol–water partition coefficient (Wildman–Crippen LogP) is 4.56. The lowest BCUT2D eigenvalue weighted by Gasteiger charge is -2.34. The maximum atomic E-state index is 12.7. The highest BCUT2D eigenvalue weighted by atomic mass is 16.5. The molecule has 2 saturated heterocycles. The Kier molecular flexibility index (Phi) is 7.92. The summed E-state index contributed by atoms with van der Waals surface area (Å²) in [6, 6.07) is 20.5. The van der Waals surface area contributed by atoms with Crippen molar-refractivity contribution in [1.82, 2.24) is 19.4 Å².